The van der Waals surface area contributed by atoms with E-state index in [4.69, 9.17) is 4.74 Å². The summed E-state index contributed by atoms with van der Waals surface area (Å²) in [5.41, 5.74) is 0. The van der Waals surface area contributed by atoms with Crippen molar-refractivity contribution in [1.29, 1.82) is 0 Å². The Labute approximate surface area is 110 Å². The zero-order valence-corrected chi connectivity index (χ0v) is 11.7. The van der Waals surface area contributed by atoms with Crippen LogP contribution in [-0.2, 0) is 9.53 Å². The van der Waals surface area contributed by atoms with E-state index in [1.54, 1.807) is 0 Å². The predicted octanol–water partition coefficient (Wildman–Crippen LogP) is 1.40. The molecule has 1 N–H and O–H groups in total. The van der Waals surface area contributed by atoms with Crippen molar-refractivity contribution in [3.05, 3.63) is 0 Å². The van der Waals surface area contributed by atoms with Crippen molar-refractivity contribution < 1.29 is 9.53 Å². The van der Waals surface area contributed by atoms with E-state index in [1.165, 1.54) is 19.4 Å². The molecular formula is C14H26N2O2. The first-order valence-corrected chi connectivity index (χ1v) is 7.30. The molecule has 0 saturated carbocycles. The van der Waals surface area contributed by atoms with Crippen molar-refractivity contribution in [2.75, 3.05) is 26.2 Å². The summed E-state index contributed by atoms with van der Waals surface area (Å²) in [5.74, 6) is 0.861. The summed E-state index contributed by atoms with van der Waals surface area (Å²) in [5, 5.41) is 3.03. The van der Waals surface area contributed by atoms with Crippen LogP contribution in [0.5, 0.6) is 0 Å². The second-order valence-electron chi connectivity index (χ2n) is 5.84. The molecule has 4 heteroatoms. The average molecular weight is 254 g/mol. The molecule has 3 atom stereocenters. The van der Waals surface area contributed by atoms with E-state index in [1.807, 2.05) is 0 Å². The van der Waals surface area contributed by atoms with Crippen LogP contribution in [0.3, 0.4) is 0 Å². The lowest BCUT2D eigenvalue weighted by atomic mass is 9.99. The molecule has 0 bridgehead atoms. The third-order valence-corrected chi connectivity index (χ3v) is 4.11. The molecule has 2 aliphatic rings. The van der Waals surface area contributed by atoms with Gasteiger partial charge >= 0.3 is 0 Å². The topological polar surface area (TPSA) is 41.6 Å². The van der Waals surface area contributed by atoms with Crippen molar-refractivity contribution in [3.8, 4) is 0 Å². The van der Waals surface area contributed by atoms with Crippen LogP contribution in [-0.4, -0.2) is 49.2 Å². The Morgan fingerprint density at radius 1 is 1.44 bits per heavy atom. The quantitative estimate of drug-likeness (QED) is 0.824. The van der Waals surface area contributed by atoms with Crippen molar-refractivity contribution in [2.24, 2.45) is 5.92 Å². The fraction of sp³-hybridized carbons (Fsp3) is 0.929. The fourth-order valence-corrected chi connectivity index (χ4v) is 2.90. The Kier molecular flexibility index (Phi) is 5.01. The number of likely N-dealkylation sites (tertiary alicyclic amines) is 1. The molecule has 104 valence electrons. The second kappa shape index (κ2) is 6.53. The van der Waals surface area contributed by atoms with E-state index in [9.17, 15) is 4.79 Å². The maximum absolute atomic E-state index is 11.8. The largest absolute Gasteiger partial charge is 0.368 e. The van der Waals surface area contributed by atoms with E-state index in [2.05, 4.69) is 24.1 Å². The summed E-state index contributed by atoms with van der Waals surface area (Å²) in [6.45, 7) is 8.32. The van der Waals surface area contributed by atoms with Gasteiger partial charge in [0.15, 0.2) is 0 Å². The van der Waals surface area contributed by atoms with Gasteiger partial charge < -0.3 is 10.1 Å². The highest BCUT2D eigenvalue weighted by atomic mass is 16.5. The summed E-state index contributed by atoms with van der Waals surface area (Å²) in [6.07, 6.45) is 4.31. The molecule has 2 fully saturated rings. The first kappa shape index (κ1) is 13.8. The third-order valence-electron chi connectivity index (χ3n) is 4.11. The Morgan fingerprint density at radius 2 is 2.28 bits per heavy atom. The zero-order chi connectivity index (χ0) is 13.0. The van der Waals surface area contributed by atoms with Crippen LogP contribution in [0.25, 0.3) is 0 Å². The van der Waals surface area contributed by atoms with Crippen LogP contribution in [0.2, 0.25) is 0 Å². The SMILES string of the molecule is C[C@@H]1CCCN([C@H](C)CNC(=O)[C@H]2CCCO2)C1. The van der Waals surface area contributed by atoms with Crippen LogP contribution in [0, 0.1) is 5.92 Å². The molecule has 18 heavy (non-hydrogen) atoms. The number of hydrogen-bond donors (Lipinski definition) is 1. The Hall–Kier alpha value is -0.610. The van der Waals surface area contributed by atoms with Crippen LogP contribution in [0.4, 0.5) is 0 Å². The molecule has 0 radical (unpaired) electrons. The highest BCUT2D eigenvalue weighted by Gasteiger charge is 2.25. The van der Waals surface area contributed by atoms with Crippen molar-refractivity contribution in [2.45, 2.75) is 51.7 Å². The Morgan fingerprint density at radius 3 is 2.94 bits per heavy atom. The van der Waals surface area contributed by atoms with E-state index < -0.39 is 0 Å². The summed E-state index contributed by atoms with van der Waals surface area (Å²) in [4.78, 5) is 14.3. The molecular weight excluding hydrogens is 228 g/mol. The summed E-state index contributed by atoms with van der Waals surface area (Å²) in [7, 11) is 0. The number of ether oxygens (including phenoxy) is 1. The van der Waals surface area contributed by atoms with Crippen molar-refractivity contribution >= 4 is 5.91 Å². The van der Waals surface area contributed by atoms with Gasteiger partial charge in [0.05, 0.1) is 0 Å². The maximum Gasteiger partial charge on any atom is 0.249 e. The van der Waals surface area contributed by atoms with Gasteiger partial charge in [-0.1, -0.05) is 6.92 Å². The second-order valence-corrected chi connectivity index (χ2v) is 5.84. The van der Waals surface area contributed by atoms with Gasteiger partial charge in [0.2, 0.25) is 5.91 Å². The van der Waals surface area contributed by atoms with Gasteiger partial charge in [-0.2, -0.15) is 0 Å². The van der Waals surface area contributed by atoms with Gasteiger partial charge in [0.25, 0.3) is 0 Å². The van der Waals surface area contributed by atoms with Crippen molar-refractivity contribution in [1.82, 2.24) is 10.2 Å². The van der Waals surface area contributed by atoms with Gasteiger partial charge in [-0.05, 0) is 45.1 Å². The van der Waals surface area contributed by atoms with Gasteiger partial charge in [0, 0.05) is 25.7 Å². The molecule has 2 heterocycles. The molecule has 2 saturated heterocycles. The average Bonchev–Trinajstić information content (AvgIpc) is 2.89. The minimum absolute atomic E-state index is 0.0735. The highest BCUT2D eigenvalue weighted by molar-refractivity contribution is 5.80. The number of nitrogens with one attached hydrogen (secondary N) is 1. The van der Waals surface area contributed by atoms with E-state index in [-0.39, 0.29) is 12.0 Å². The number of nitrogens with zero attached hydrogens (tertiary/aromatic N) is 1. The third kappa shape index (κ3) is 3.69. The van der Waals surface area contributed by atoms with Crippen LogP contribution in [0.1, 0.15) is 39.5 Å². The minimum Gasteiger partial charge on any atom is -0.368 e. The lowest BCUT2D eigenvalue weighted by molar-refractivity contribution is -0.130. The predicted molar refractivity (Wildman–Crippen MR) is 71.4 cm³/mol. The number of hydrogen-bond acceptors (Lipinski definition) is 3. The van der Waals surface area contributed by atoms with Crippen LogP contribution in [0.15, 0.2) is 0 Å². The maximum atomic E-state index is 11.8. The lowest BCUT2D eigenvalue weighted by Gasteiger charge is -2.35. The number of carbonyl (C=O) groups is 1. The summed E-state index contributed by atoms with van der Waals surface area (Å²) >= 11 is 0. The lowest BCUT2D eigenvalue weighted by Crippen LogP contribution is -2.47. The molecule has 1 amide bonds. The summed E-state index contributed by atoms with van der Waals surface area (Å²) < 4.78 is 5.38. The van der Waals surface area contributed by atoms with E-state index in [0.29, 0.717) is 6.04 Å². The molecule has 2 aliphatic heterocycles. The standard InChI is InChI=1S/C14H26N2O2/c1-11-5-3-7-16(10-11)12(2)9-15-14(17)13-6-4-8-18-13/h11-13H,3-10H2,1-2H3,(H,15,17)/t11-,12-,13-/m1/s1. The molecule has 0 aromatic heterocycles. The van der Waals surface area contributed by atoms with Gasteiger partial charge in [-0.15, -0.1) is 0 Å². The Balaban J connectivity index is 1.70. The van der Waals surface area contributed by atoms with Gasteiger partial charge in [0.1, 0.15) is 6.10 Å². The molecule has 0 aromatic rings. The van der Waals surface area contributed by atoms with Gasteiger partial charge in [-0.3, -0.25) is 9.69 Å². The molecule has 0 aromatic carbocycles. The van der Waals surface area contributed by atoms with Crippen LogP contribution < -0.4 is 5.32 Å². The fourth-order valence-electron chi connectivity index (χ4n) is 2.90. The van der Waals surface area contributed by atoms with Crippen molar-refractivity contribution in [3.63, 3.8) is 0 Å². The summed E-state index contributed by atoms with van der Waals surface area (Å²) in [6, 6.07) is 0.429. The van der Waals surface area contributed by atoms with Gasteiger partial charge in [-0.25, -0.2) is 0 Å². The zero-order valence-electron chi connectivity index (χ0n) is 11.7. The normalized spacial score (nSPS) is 31.2. The number of piperidine rings is 1. The molecule has 2 rings (SSSR count). The number of amides is 1. The first-order valence-electron chi connectivity index (χ1n) is 7.30. The molecule has 0 unspecified atom stereocenters. The highest BCUT2D eigenvalue weighted by Crippen LogP contribution is 2.17. The van der Waals surface area contributed by atoms with Crippen LogP contribution >= 0.6 is 0 Å². The number of carbonyl (C=O) groups excluding carboxylic acids is 1. The number of rotatable bonds is 4. The Bertz CT molecular complexity index is 277. The minimum atomic E-state index is -0.197. The smallest absolute Gasteiger partial charge is 0.249 e. The monoisotopic (exact) mass is 254 g/mol. The molecule has 0 aliphatic carbocycles. The van der Waals surface area contributed by atoms with E-state index >= 15 is 0 Å². The first-order chi connectivity index (χ1) is 8.66. The molecule has 4 nitrogen and oxygen atoms in total. The molecule has 0 spiro atoms. The van der Waals surface area contributed by atoms with E-state index in [0.717, 1.165) is 38.5 Å².